The van der Waals surface area contributed by atoms with Crippen LogP contribution in [0.5, 0.6) is 0 Å². The summed E-state index contributed by atoms with van der Waals surface area (Å²) in [5, 5.41) is 3.04. The predicted molar refractivity (Wildman–Crippen MR) is 98.5 cm³/mol. The molecule has 7 heteroatoms. The largest absolute Gasteiger partial charge is 0.321 e. The van der Waals surface area contributed by atoms with Gasteiger partial charge >= 0.3 is 0 Å². The molecule has 0 aromatic heterocycles. The Balaban J connectivity index is 2.28. The van der Waals surface area contributed by atoms with Crippen molar-refractivity contribution in [2.75, 3.05) is 16.3 Å². The number of hydrogen-bond donors (Lipinski definition) is 2. The molecule has 128 valence electrons. The third-order valence-electron chi connectivity index (χ3n) is 3.43. The van der Waals surface area contributed by atoms with Crippen LogP contribution in [0.25, 0.3) is 0 Å². The van der Waals surface area contributed by atoms with Crippen LogP contribution in [0.4, 0.5) is 11.4 Å². The van der Waals surface area contributed by atoms with Gasteiger partial charge in [-0.1, -0.05) is 29.3 Å². The zero-order valence-electron chi connectivity index (χ0n) is 13.9. The summed E-state index contributed by atoms with van der Waals surface area (Å²) in [4.78, 5) is 12.5. The smallest absolute Gasteiger partial charge is 0.257 e. The van der Waals surface area contributed by atoms with E-state index in [1.54, 1.807) is 0 Å². The fraction of sp³-hybridized carbons (Fsp3) is 0.235. The molecule has 0 fully saturated rings. The summed E-state index contributed by atoms with van der Waals surface area (Å²) in [6.07, 6.45) is 1.05. The van der Waals surface area contributed by atoms with Crippen molar-refractivity contribution in [1.82, 2.24) is 0 Å². The van der Waals surface area contributed by atoms with Crippen LogP contribution in [-0.4, -0.2) is 20.6 Å². The number of rotatable bonds is 4. The summed E-state index contributed by atoms with van der Waals surface area (Å²) >= 11 is 6.13. The van der Waals surface area contributed by atoms with Crippen molar-refractivity contribution in [3.05, 3.63) is 57.6 Å². The minimum absolute atomic E-state index is 0.170. The van der Waals surface area contributed by atoms with Crippen LogP contribution >= 0.6 is 11.6 Å². The van der Waals surface area contributed by atoms with Gasteiger partial charge in [-0.05, 0) is 50.1 Å². The number of nitrogens with one attached hydrogen (secondary N) is 2. The maximum Gasteiger partial charge on any atom is 0.257 e. The first-order valence-corrected chi connectivity index (χ1v) is 9.50. The third kappa shape index (κ3) is 4.49. The summed E-state index contributed by atoms with van der Waals surface area (Å²) in [7, 11) is -3.40. The lowest BCUT2D eigenvalue weighted by molar-refractivity contribution is 0.102. The number of anilines is 2. The standard InChI is InChI=1S/C17H19ClN2O3S/c1-10-7-11(2)16(12(3)8-10)19-17(21)14-6-5-13(9-15(14)18)20-24(4,22)23/h5-9,20H,1-4H3,(H,19,21). The quantitative estimate of drug-likeness (QED) is 0.861. The van der Waals surface area contributed by atoms with Gasteiger partial charge in [-0.15, -0.1) is 0 Å². The Morgan fingerprint density at radius 1 is 1.04 bits per heavy atom. The molecule has 2 N–H and O–H groups in total. The zero-order chi connectivity index (χ0) is 18.1. The third-order valence-corrected chi connectivity index (χ3v) is 4.35. The Bertz CT molecular complexity index is 885. The lowest BCUT2D eigenvalue weighted by Gasteiger charge is -2.14. The lowest BCUT2D eigenvalue weighted by Crippen LogP contribution is -2.15. The monoisotopic (exact) mass is 366 g/mol. The molecule has 0 bridgehead atoms. The van der Waals surface area contributed by atoms with Gasteiger partial charge < -0.3 is 5.32 Å². The molecule has 1 amide bonds. The van der Waals surface area contributed by atoms with Crippen molar-refractivity contribution >= 4 is 38.9 Å². The van der Waals surface area contributed by atoms with E-state index >= 15 is 0 Å². The molecule has 0 atom stereocenters. The van der Waals surface area contributed by atoms with Crippen molar-refractivity contribution in [3.8, 4) is 0 Å². The number of benzene rings is 2. The molecule has 0 aliphatic carbocycles. The second kappa shape index (κ2) is 6.83. The molecule has 0 aliphatic heterocycles. The Labute approximate surface area is 147 Å². The van der Waals surface area contributed by atoms with Crippen molar-refractivity contribution in [1.29, 1.82) is 0 Å². The molecule has 0 heterocycles. The summed E-state index contributed by atoms with van der Waals surface area (Å²) < 4.78 is 24.8. The van der Waals surface area contributed by atoms with Crippen molar-refractivity contribution in [3.63, 3.8) is 0 Å². The van der Waals surface area contributed by atoms with E-state index in [-0.39, 0.29) is 16.5 Å². The lowest BCUT2D eigenvalue weighted by atomic mass is 10.0. The molecular weight excluding hydrogens is 348 g/mol. The van der Waals surface area contributed by atoms with Crippen LogP contribution in [0.3, 0.4) is 0 Å². The molecule has 0 unspecified atom stereocenters. The average Bonchev–Trinajstić information content (AvgIpc) is 2.40. The van der Waals surface area contributed by atoms with E-state index in [9.17, 15) is 13.2 Å². The molecule has 0 saturated heterocycles. The van der Waals surface area contributed by atoms with Gasteiger partial charge in [0.15, 0.2) is 0 Å². The second-order valence-electron chi connectivity index (χ2n) is 5.80. The first kappa shape index (κ1) is 18.3. The van der Waals surface area contributed by atoms with E-state index in [1.807, 2.05) is 32.9 Å². The van der Waals surface area contributed by atoms with E-state index < -0.39 is 10.0 Å². The normalized spacial score (nSPS) is 11.2. The van der Waals surface area contributed by atoms with Crippen molar-refractivity contribution < 1.29 is 13.2 Å². The number of halogens is 1. The van der Waals surface area contributed by atoms with Gasteiger partial charge in [0.2, 0.25) is 10.0 Å². The number of carbonyl (C=O) groups is 1. The molecule has 0 saturated carbocycles. The van der Waals surface area contributed by atoms with E-state index in [4.69, 9.17) is 11.6 Å². The Morgan fingerprint density at radius 2 is 1.62 bits per heavy atom. The van der Waals surface area contributed by atoms with Crippen LogP contribution in [0.15, 0.2) is 30.3 Å². The van der Waals surface area contributed by atoms with Crippen LogP contribution in [0, 0.1) is 20.8 Å². The highest BCUT2D eigenvalue weighted by molar-refractivity contribution is 7.92. The summed E-state index contributed by atoms with van der Waals surface area (Å²) in [6, 6.07) is 8.37. The highest BCUT2D eigenvalue weighted by atomic mass is 35.5. The van der Waals surface area contributed by atoms with Gasteiger partial charge in [0.05, 0.1) is 16.8 Å². The average molecular weight is 367 g/mol. The van der Waals surface area contributed by atoms with E-state index in [0.29, 0.717) is 5.69 Å². The number of aryl methyl sites for hydroxylation is 3. The van der Waals surface area contributed by atoms with E-state index in [2.05, 4.69) is 10.0 Å². The SMILES string of the molecule is Cc1cc(C)c(NC(=O)c2ccc(NS(C)(=O)=O)cc2Cl)c(C)c1. The summed E-state index contributed by atoms with van der Waals surface area (Å²) in [6.45, 7) is 5.85. The van der Waals surface area contributed by atoms with Gasteiger partial charge in [-0.3, -0.25) is 9.52 Å². The molecule has 0 radical (unpaired) electrons. The number of hydrogen-bond acceptors (Lipinski definition) is 3. The minimum atomic E-state index is -3.40. The van der Waals surface area contributed by atoms with Crippen LogP contribution < -0.4 is 10.0 Å². The fourth-order valence-corrected chi connectivity index (χ4v) is 3.36. The molecular formula is C17H19ClN2O3S. The predicted octanol–water partition coefficient (Wildman–Crippen LogP) is 3.89. The topological polar surface area (TPSA) is 75.3 Å². The maximum atomic E-state index is 12.5. The number of amides is 1. The number of sulfonamides is 1. The van der Waals surface area contributed by atoms with Crippen LogP contribution in [-0.2, 0) is 10.0 Å². The van der Waals surface area contributed by atoms with Gasteiger partial charge in [0, 0.05) is 11.4 Å². The van der Waals surface area contributed by atoms with Gasteiger partial charge in [0.25, 0.3) is 5.91 Å². The van der Waals surface area contributed by atoms with Crippen molar-refractivity contribution in [2.24, 2.45) is 0 Å². The maximum absolute atomic E-state index is 12.5. The molecule has 2 rings (SSSR count). The first-order valence-electron chi connectivity index (χ1n) is 7.23. The van der Waals surface area contributed by atoms with Crippen molar-refractivity contribution in [2.45, 2.75) is 20.8 Å². The number of carbonyl (C=O) groups excluding carboxylic acids is 1. The first-order chi connectivity index (χ1) is 11.1. The highest BCUT2D eigenvalue weighted by Gasteiger charge is 2.14. The Kier molecular flexibility index (Phi) is 5.20. The zero-order valence-corrected chi connectivity index (χ0v) is 15.5. The second-order valence-corrected chi connectivity index (χ2v) is 7.95. The van der Waals surface area contributed by atoms with Crippen LogP contribution in [0.2, 0.25) is 5.02 Å². The Hall–Kier alpha value is -2.05. The molecule has 0 spiro atoms. The van der Waals surface area contributed by atoms with Gasteiger partial charge in [-0.2, -0.15) is 0 Å². The summed E-state index contributed by atoms with van der Waals surface area (Å²) in [5.74, 6) is -0.346. The van der Waals surface area contributed by atoms with E-state index in [1.165, 1.54) is 18.2 Å². The van der Waals surface area contributed by atoms with Crippen LogP contribution in [0.1, 0.15) is 27.0 Å². The molecule has 0 aliphatic rings. The summed E-state index contributed by atoms with van der Waals surface area (Å²) in [5.41, 5.74) is 4.38. The fourth-order valence-electron chi connectivity index (χ4n) is 2.53. The molecule has 24 heavy (non-hydrogen) atoms. The van der Waals surface area contributed by atoms with E-state index in [0.717, 1.165) is 28.6 Å². The molecule has 5 nitrogen and oxygen atoms in total. The Morgan fingerprint density at radius 3 is 2.12 bits per heavy atom. The molecule has 2 aromatic carbocycles. The minimum Gasteiger partial charge on any atom is -0.321 e. The molecule has 2 aromatic rings. The highest BCUT2D eigenvalue weighted by Crippen LogP contribution is 2.26. The van der Waals surface area contributed by atoms with Gasteiger partial charge in [-0.25, -0.2) is 8.42 Å². The van der Waals surface area contributed by atoms with Gasteiger partial charge in [0.1, 0.15) is 0 Å².